The first-order valence-electron chi connectivity index (χ1n) is 10.2. The molecular weight excluding hydrogens is 350 g/mol. The Hall–Kier alpha value is -1.91. The summed E-state index contributed by atoms with van der Waals surface area (Å²) in [4.78, 5) is 2.72. The van der Waals surface area contributed by atoms with Gasteiger partial charge in [-0.25, -0.2) is 0 Å². The monoisotopic (exact) mass is 379 g/mol. The largest absolute Gasteiger partial charge is 0.360 e. The summed E-state index contributed by atoms with van der Waals surface area (Å²) in [6.07, 6.45) is 6.05. The van der Waals surface area contributed by atoms with Gasteiger partial charge in [-0.1, -0.05) is 49.4 Å². The van der Waals surface area contributed by atoms with Crippen LogP contribution in [0.3, 0.4) is 0 Å². The van der Waals surface area contributed by atoms with Gasteiger partial charge >= 0.3 is 0 Å². The molecule has 2 aliphatic rings. The summed E-state index contributed by atoms with van der Waals surface area (Å²) in [5, 5.41) is 7.67. The van der Waals surface area contributed by atoms with Gasteiger partial charge in [0.2, 0.25) is 0 Å². The van der Waals surface area contributed by atoms with Crippen molar-refractivity contribution in [2.75, 3.05) is 5.32 Å². The van der Waals surface area contributed by atoms with Crippen LogP contribution in [0.4, 0.5) is 5.69 Å². The Morgan fingerprint density at radius 3 is 2.26 bits per heavy atom. The second-order valence-electron chi connectivity index (χ2n) is 7.86. The summed E-state index contributed by atoms with van der Waals surface area (Å²) in [5.41, 5.74) is 3.84. The summed E-state index contributed by atoms with van der Waals surface area (Å²) in [5.74, 6) is 0. The van der Waals surface area contributed by atoms with Crippen LogP contribution in [0, 0.1) is 0 Å². The van der Waals surface area contributed by atoms with E-state index in [1.165, 1.54) is 36.8 Å². The van der Waals surface area contributed by atoms with E-state index < -0.39 is 0 Å². The molecule has 3 atom stereocenters. The minimum Gasteiger partial charge on any atom is -0.360 e. The highest BCUT2D eigenvalue weighted by atomic mass is 32.1. The second-order valence-corrected chi connectivity index (χ2v) is 8.27. The van der Waals surface area contributed by atoms with Gasteiger partial charge in [-0.15, -0.1) is 0 Å². The van der Waals surface area contributed by atoms with Crippen molar-refractivity contribution in [1.82, 2.24) is 10.2 Å². The molecule has 2 fully saturated rings. The van der Waals surface area contributed by atoms with Crippen molar-refractivity contribution in [2.45, 2.75) is 63.7 Å². The third-order valence-corrected chi connectivity index (χ3v) is 6.27. The number of nitrogens with zero attached hydrogens (tertiary/aromatic N) is 1. The third-order valence-electron chi connectivity index (χ3n) is 6.05. The first kappa shape index (κ1) is 18.5. The molecule has 0 aromatic heterocycles. The van der Waals surface area contributed by atoms with Gasteiger partial charge in [0.25, 0.3) is 0 Å². The number of hydrogen-bond acceptors (Lipinski definition) is 2. The lowest BCUT2D eigenvalue weighted by Gasteiger charge is -2.39. The van der Waals surface area contributed by atoms with Crippen molar-refractivity contribution >= 4 is 23.0 Å². The van der Waals surface area contributed by atoms with E-state index in [1.807, 2.05) is 0 Å². The summed E-state index contributed by atoms with van der Waals surface area (Å²) in [6, 6.07) is 21.2. The van der Waals surface area contributed by atoms with Crippen LogP contribution in [0.15, 0.2) is 54.6 Å². The fraction of sp³-hybridized carbons (Fsp3) is 0.435. The molecule has 1 unspecified atom stereocenters. The van der Waals surface area contributed by atoms with Crippen LogP contribution < -0.4 is 10.6 Å². The number of nitrogens with one attached hydrogen (secondary N) is 2. The smallest absolute Gasteiger partial charge is 0.170 e. The Kier molecular flexibility index (Phi) is 5.74. The quantitative estimate of drug-likeness (QED) is 0.735. The normalized spacial score (nSPS) is 24.6. The van der Waals surface area contributed by atoms with Gasteiger partial charge in [0.05, 0.1) is 0 Å². The van der Waals surface area contributed by atoms with Gasteiger partial charge in [-0.3, -0.25) is 4.90 Å². The topological polar surface area (TPSA) is 27.3 Å². The molecule has 0 spiro atoms. The minimum atomic E-state index is 0.476. The highest BCUT2D eigenvalue weighted by Crippen LogP contribution is 2.36. The zero-order valence-electron chi connectivity index (χ0n) is 16.0. The summed E-state index contributed by atoms with van der Waals surface area (Å²) in [7, 11) is 0. The molecule has 2 N–H and O–H groups in total. The van der Waals surface area contributed by atoms with Crippen LogP contribution >= 0.6 is 12.2 Å². The van der Waals surface area contributed by atoms with E-state index in [-0.39, 0.29) is 0 Å². The molecule has 0 aliphatic carbocycles. The Morgan fingerprint density at radius 2 is 1.63 bits per heavy atom. The van der Waals surface area contributed by atoms with E-state index in [0.717, 1.165) is 23.8 Å². The van der Waals surface area contributed by atoms with Crippen LogP contribution in [0.25, 0.3) is 0 Å². The molecule has 4 rings (SSSR count). The second kappa shape index (κ2) is 8.41. The predicted molar refractivity (Wildman–Crippen MR) is 117 cm³/mol. The summed E-state index contributed by atoms with van der Waals surface area (Å²) < 4.78 is 0. The molecule has 142 valence electrons. The average Bonchev–Trinajstić information content (AvgIpc) is 2.91. The third kappa shape index (κ3) is 4.50. The van der Waals surface area contributed by atoms with Crippen LogP contribution in [-0.2, 0) is 13.0 Å². The van der Waals surface area contributed by atoms with Crippen LogP contribution in [0.1, 0.15) is 43.7 Å². The van der Waals surface area contributed by atoms with E-state index >= 15 is 0 Å². The van der Waals surface area contributed by atoms with E-state index in [4.69, 9.17) is 12.2 Å². The van der Waals surface area contributed by atoms with E-state index in [0.29, 0.717) is 18.1 Å². The molecule has 27 heavy (non-hydrogen) atoms. The fourth-order valence-corrected chi connectivity index (χ4v) is 4.91. The SMILES string of the molecule is CCc1ccc(NC(=S)NC2C[C@H]3CC[C@@H](C2)N3Cc2ccccc2)cc1. The van der Waals surface area contributed by atoms with Gasteiger partial charge < -0.3 is 10.6 Å². The lowest BCUT2D eigenvalue weighted by Crippen LogP contribution is -2.50. The minimum absolute atomic E-state index is 0.476. The van der Waals surface area contributed by atoms with Crippen molar-refractivity contribution in [3.63, 3.8) is 0 Å². The summed E-state index contributed by atoms with van der Waals surface area (Å²) >= 11 is 5.57. The lowest BCUT2D eigenvalue weighted by atomic mass is 9.96. The average molecular weight is 380 g/mol. The van der Waals surface area contributed by atoms with Gasteiger partial charge in [-0.05, 0) is 67.6 Å². The maximum atomic E-state index is 5.57. The molecule has 2 aromatic carbocycles. The molecule has 0 amide bonds. The first-order valence-corrected chi connectivity index (χ1v) is 10.6. The molecule has 2 heterocycles. The lowest BCUT2D eigenvalue weighted by molar-refractivity contribution is 0.115. The zero-order chi connectivity index (χ0) is 18.6. The number of thiocarbonyl (C=S) groups is 1. The number of rotatable bonds is 5. The fourth-order valence-electron chi connectivity index (χ4n) is 4.62. The molecule has 0 saturated carbocycles. The Bertz CT molecular complexity index is 745. The molecule has 2 aliphatic heterocycles. The van der Waals surface area contributed by atoms with Crippen molar-refractivity contribution < 1.29 is 0 Å². The molecule has 2 saturated heterocycles. The number of fused-ring (bicyclic) bond motifs is 2. The Morgan fingerprint density at radius 1 is 0.963 bits per heavy atom. The first-order chi connectivity index (χ1) is 13.2. The van der Waals surface area contributed by atoms with Gasteiger partial charge in [0.15, 0.2) is 5.11 Å². The molecule has 2 aromatic rings. The summed E-state index contributed by atoms with van der Waals surface area (Å²) in [6.45, 7) is 3.25. The zero-order valence-corrected chi connectivity index (χ0v) is 16.8. The van der Waals surface area contributed by atoms with Crippen molar-refractivity contribution in [3.8, 4) is 0 Å². The van der Waals surface area contributed by atoms with Crippen molar-refractivity contribution in [1.29, 1.82) is 0 Å². The number of aryl methyl sites for hydroxylation is 1. The van der Waals surface area contributed by atoms with Crippen LogP contribution in [0.2, 0.25) is 0 Å². The number of hydrogen-bond donors (Lipinski definition) is 2. The standard InChI is InChI=1S/C23H29N3S/c1-2-17-8-10-19(11-9-17)24-23(27)25-20-14-21-12-13-22(15-20)26(21)16-18-6-4-3-5-7-18/h3-11,20-22H,2,12-16H2,1H3,(H2,24,25,27)/t20?,21-,22+. The Labute approximate surface area is 168 Å². The van der Waals surface area contributed by atoms with Crippen LogP contribution in [0.5, 0.6) is 0 Å². The molecule has 0 radical (unpaired) electrons. The molecule has 4 heteroatoms. The van der Waals surface area contributed by atoms with Gasteiger partial charge in [-0.2, -0.15) is 0 Å². The molecular formula is C23H29N3S. The molecule has 3 nitrogen and oxygen atoms in total. The Balaban J connectivity index is 1.31. The highest BCUT2D eigenvalue weighted by molar-refractivity contribution is 7.80. The maximum Gasteiger partial charge on any atom is 0.170 e. The molecule has 2 bridgehead atoms. The number of piperidine rings is 1. The number of anilines is 1. The predicted octanol–water partition coefficient (Wildman–Crippen LogP) is 4.73. The van der Waals surface area contributed by atoms with Crippen LogP contribution in [-0.4, -0.2) is 28.1 Å². The van der Waals surface area contributed by atoms with Crippen molar-refractivity contribution in [3.05, 3.63) is 65.7 Å². The van der Waals surface area contributed by atoms with Gasteiger partial charge in [0.1, 0.15) is 0 Å². The number of benzene rings is 2. The van der Waals surface area contributed by atoms with E-state index in [2.05, 4.69) is 77.1 Å². The van der Waals surface area contributed by atoms with E-state index in [9.17, 15) is 0 Å². The van der Waals surface area contributed by atoms with Gasteiger partial charge in [0, 0.05) is 30.4 Å². The highest BCUT2D eigenvalue weighted by Gasteiger charge is 2.40. The maximum absolute atomic E-state index is 5.57. The van der Waals surface area contributed by atoms with Crippen molar-refractivity contribution in [2.24, 2.45) is 0 Å². The van der Waals surface area contributed by atoms with E-state index in [1.54, 1.807) is 0 Å².